The number of rotatable bonds is 31. The quantitative estimate of drug-likeness (QED) is 0.0626. The second-order valence-electron chi connectivity index (χ2n) is 7.18. The van der Waals surface area contributed by atoms with Crippen LogP contribution in [0.1, 0.15) is 6.92 Å². The number of hydrogen-bond donors (Lipinski definition) is 2. The van der Waals surface area contributed by atoms with Gasteiger partial charge in [0.1, 0.15) is 6.61 Å². The fraction of sp³-hybridized carbons (Fsp3) is 0.955. The van der Waals surface area contributed by atoms with Gasteiger partial charge in [-0.25, -0.2) is 4.57 Å². The molecule has 38 heavy (non-hydrogen) atoms. The van der Waals surface area contributed by atoms with E-state index in [1.807, 2.05) is 0 Å². The first-order chi connectivity index (χ1) is 18.4. The molecule has 0 aliphatic heterocycles. The van der Waals surface area contributed by atoms with Gasteiger partial charge < -0.3 is 57.2 Å². The van der Waals surface area contributed by atoms with Crippen molar-refractivity contribution in [2.24, 2.45) is 0 Å². The first-order valence-electron chi connectivity index (χ1n) is 12.4. The third-order valence-electron chi connectivity index (χ3n) is 4.00. The molecule has 0 radical (unpaired) electrons. The lowest BCUT2D eigenvalue weighted by molar-refractivity contribution is -0.142. The van der Waals surface area contributed by atoms with Crippen LogP contribution >= 0.6 is 7.82 Å². The molecular formula is C22H45O15P. The van der Waals surface area contributed by atoms with E-state index >= 15 is 0 Å². The predicted molar refractivity (Wildman–Crippen MR) is 132 cm³/mol. The van der Waals surface area contributed by atoms with Crippen molar-refractivity contribution >= 4 is 13.8 Å². The van der Waals surface area contributed by atoms with Gasteiger partial charge in [-0.2, -0.15) is 0 Å². The Hall–Kier alpha value is -0.780. The Bertz CT molecular complexity index is 549. The monoisotopic (exact) mass is 580 g/mol. The Morgan fingerprint density at radius 1 is 0.447 bits per heavy atom. The van der Waals surface area contributed by atoms with E-state index < -0.39 is 7.82 Å². The molecule has 0 atom stereocenters. The van der Waals surface area contributed by atoms with Crippen LogP contribution in [0.2, 0.25) is 0 Å². The van der Waals surface area contributed by atoms with E-state index in [1.54, 1.807) is 0 Å². The highest BCUT2D eigenvalue weighted by Crippen LogP contribution is 2.35. The lowest BCUT2D eigenvalue weighted by Crippen LogP contribution is -2.15. The molecule has 0 heterocycles. The van der Waals surface area contributed by atoms with Crippen LogP contribution < -0.4 is 0 Å². The van der Waals surface area contributed by atoms with Gasteiger partial charge in [0.25, 0.3) is 0 Å². The van der Waals surface area contributed by atoms with Crippen molar-refractivity contribution in [1.29, 1.82) is 0 Å². The van der Waals surface area contributed by atoms with E-state index in [-0.39, 0.29) is 25.8 Å². The summed E-state index contributed by atoms with van der Waals surface area (Å²) in [5.41, 5.74) is 0. The Kier molecular flexibility index (Phi) is 28.6. The molecule has 0 aliphatic rings. The average molecular weight is 581 g/mol. The van der Waals surface area contributed by atoms with E-state index in [4.69, 9.17) is 57.2 Å². The molecule has 0 aromatic rings. The molecule has 0 unspecified atom stereocenters. The second-order valence-corrected chi connectivity index (χ2v) is 8.41. The standard InChI is InChI=1S/C22H45O15P/c1-22(23)36-20-18-34-16-14-32-12-10-30-8-6-28-4-2-27-3-5-29-7-9-31-11-13-33-15-17-35-19-21-37-38(24,25)26/h2-21H2,1H3,(H2,24,25,26). The molecule has 0 aliphatic carbocycles. The molecule has 0 bridgehead atoms. The van der Waals surface area contributed by atoms with E-state index in [1.165, 1.54) is 6.92 Å². The zero-order valence-electron chi connectivity index (χ0n) is 22.3. The minimum absolute atomic E-state index is 0.0757. The maximum atomic E-state index is 10.6. The van der Waals surface area contributed by atoms with Gasteiger partial charge >= 0.3 is 13.8 Å². The third kappa shape index (κ3) is 35.2. The second kappa shape index (κ2) is 29.2. The number of carbonyl (C=O) groups excluding carboxylic acids is 1. The first kappa shape index (κ1) is 37.2. The van der Waals surface area contributed by atoms with Crippen molar-refractivity contribution in [2.45, 2.75) is 6.92 Å². The van der Waals surface area contributed by atoms with Crippen LogP contribution in [0.25, 0.3) is 0 Å². The van der Waals surface area contributed by atoms with Gasteiger partial charge in [0, 0.05) is 6.92 Å². The minimum atomic E-state index is -4.43. The fourth-order valence-electron chi connectivity index (χ4n) is 2.32. The third-order valence-corrected chi connectivity index (χ3v) is 4.52. The Morgan fingerprint density at radius 2 is 0.658 bits per heavy atom. The number of phosphoric ester groups is 1. The summed E-state index contributed by atoms with van der Waals surface area (Å²) in [6, 6.07) is 0. The van der Waals surface area contributed by atoms with Crippen molar-refractivity contribution in [3.05, 3.63) is 0 Å². The van der Waals surface area contributed by atoms with Crippen LogP contribution in [0.5, 0.6) is 0 Å². The molecule has 0 saturated carbocycles. The molecule has 228 valence electrons. The molecule has 2 N–H and O–H groups in total. The van der Waals surface area contributed by atoms with Gasteiger partial charge in [-0.15, -0.1) is 0 Å². The molecule has 0 fully saturated rings. The van der Waals surface area contributed by atoms with Crippen LogP contribution in [0.3, 0.4) is 0 Å². The summed E-state index contributed by atoms with van der Waals surface area (Å²) in [4.78, 5) is 27.5. The van der Waals surface area contributed by atoms with Crippen LogP contribution in [0, 0.1) is 0 Å². The van der Waals surface area contributed by atoms with Gasteiger partial charge in [-0.1, -0.05) is 0 Å². The summed E-state index contributed by atoms with van der Waals surface area (Å²) < 4.78 is 67.3. The Morgan fingerprint density at radius 3 is 0.868 bits per heavy atom. The SMILES string of the molecule is CC(=O)OCCOCCOCCOCCOCCOCCOCCOCCOCCOCCOP(=O)(O)O. The van der Waals surface area contributed by atoms with Crippen LogP contribution in [0.15, 0.2) is 0 Å². The number of hydrogen-bond acceptors (Lipinski definition) is 13. The highest BCUT2D eigenvalue weighted by atomic mass is 31.2. The van der Waals surface area contributed by atoms with Crippen molar-refractivity contribution in [1.82, 2.24) is 0 Å². The molecule has 0 aromatic heterocycles. The summed E-state index contributed by atoms with van der Waals surface area (Å²) in [5.74, 6) is -0.320. The molecule has 15 nitrogen and oxygen atoms in total. The largest absolute Gasteiger partial charge is 0.469 e. The Labute approximate surface area is 224 Å². The van der Waals surface area contributed by atoms with Crippen LogP contribution in [-0.4, -0.2) is 148 Å². The maximum Gasteiger partial charge on any atom is 0.469 e. The topological polar surface area (TPSA) is 176 Å². The molecule has 0 aromatic carbocycles. The summed E-state index contributed by atoms with van der Waals surface area (Å²) in [6.07, 6.45) is 0. The summed E-state index contributed by atoms with van der Waals surface area (Å²) in [5, 5.41) is 0. The summed E-state index contributed by atoms with van der Waals surface area (Å²) in [7, 11) is -4.43. The van der Waals surface area contributed by atoms with Gasteiger partial charge in [0.05, 0.1) is 126 Å². The van der Waals surface area contributed by atoms with Gasteiger partial charge in [0.2, 0.25) is 0 Å². The van der Waals surface area contributed by atoms with Crippen molar-refractivity contribution in [2.75, 3.05) is 132 Å². The van der Waals surface area contributed by atoms with E-state index in [0.29, 0.717) is 112 Å². The van der Waals surface area contributed by atoms with Gasteiger partial charge in [-0.3, -0.25) is 9.32 Å². The van der Waals surface area contributed by atoms with Crippen molar-refractivity contribution < 1.29 is 71.0 Å². The number of esters is 1. The maximum absolute atomic E-state index is 10.6. The minimum Gasteiger partial charge on any atom is -0.463 e. The average Bonchev–Trinajstić information content (AvgIpc) is 2.86. The van der Waals surface area contributed by atoms with E-state index in [0.717, 1.165) is 0 Å². The van der Waals surface area contributed by atoms with Crippen molar-refractivity contribution in [3.63, 3.8) is 0 Å². The molecule has 0 amide bonds. The van der Waals surface area contributed by atoms with E-state index in [2.05, 4.69) is 4.52 Å². The molecular weight excluding hydrogens is 535 g/mol. The smallest absolute Gasteiger partial charge is 0.463 e. The molecule has 16 heteroatoms. The lowest BCUT2D eigenvalue weighted by atomic mass is 10.6. The zero-order chi connectivity index (χ0) is 28.0. The molecule has 0 rings (SSSR count). The fourth-order valence-corrected chi connectivity index (χ4v) is 2.63. The van der Waals surface area contributed by atoms with Crippen LogP contribution in [-0.2, 0) is 61.3 Å². The normalized spacial score (nSPS) is 11.8. The zero-order valence-corrected chi connectivity index (χ0v) is 23.2. The summed E-state index contributed by atoms with van der Waals surface area (Å²) in [6.45, 7) is 8.85. The van der Waals surface area contributed by atoms with E-state index in [9.17, 15) is 9.36 Å². The van der Waals surface area contributed by atoms with Gasteiger partial charge in [-0.05, 0) is 0 Å². The highest BCUT2D eigenvalue weighted by Gasteiger charge is 2.12. The Balaban J connectivity index is 3.06. The first-order valence-corrected chi connectivity index (χ1v) is 14.0. The highest BCUT2D eigenvalue weighted by molar-refractivity contribution is 7.46. The lowest BCUT2D eigenvalue weighted by Gasteiger charge is -2.09. The summed E-state index contributed by atoms with van der Waals surface area (Å²) >= 11 is 0. The number of ether oxygens (including phenoxy) is 10. The van der Waals surface area contributed by atoms with Gasteiger partial charge in [0.15, 0.2) is 0 Å². The number of phosphoric acid groups is 1. The van der Waals surface area contributed by atoms with Crippen LogP contribution in [0.4, 0.5) is 0 Å². The van der Waals surface area contributed by atoms with Crippen molar-refractivity contribution in [3.8, 4) is 0 Å². The number of carbonyl (C=O) groups is 1. The molecule has 0 saturated heterocycles. The predicted octanol–water partition coefficient (Wildman–Crippen LogP) is -0.192. The molecule has 0 spiro atoms.